The summed E-state index contributed by atoms with van der Waals surface area (Å²) in [4.78, 5) is 15.8. The van der Waals surface area contributed by atoms with Crippen LogP contribution in [0.15, 0.2) is 52.9 Å². The lowest BCUT2D eigenvalue weighted by atomic mass is 10.1. The van der Waals surface area contributed by atoms with Crippen molar-refractivity contribution in [3.63, 3.8) is 0 Å². The van der Waals surface area contributed by atoms with Crippen LogP contribution in [-0.2, 0) is 21.7 Å². The molecular formula is C23H22N2O4S. The summed E-state index contributed by atoms with van der Waals surface area (Å²) in [5.41, 5.74) is 3.37. The normalized spacial score (nSPS) is 10.4. The third-order valence-electron chi connectivity index (χ3n) is 4.38. The van der Waals surface area contributed by atoms with Crippen LogP contribution in [0.25, 0.3) is 11.5 Å². The lowest BCUT2D eigenvalue weighted by molar-refractivity contribution is -0.137. The molecule has 154 valence electrons. The van der Waals surface area contributed by atoms with Crippen LogP contribution >= 0.6 is 11.8 Å². The van der Waals surface area contributed by atoms with Gasteiger partial charge in [0.1, 0.15) is 11.5 Å². The number of carbonyl (C=O) groups is 1. The molecule has 2 aromatic carbocycles. The van der Waals surface area contributed by atoms with Crippen LogP contribution in [0.5, 0.6) is 5.75 Å². The Morgan fingerprint density at radius 3 is 2.77 bits per heavy atom. The molecule has 1 aromatic heterocycles. The molecule has 0 atom stereocenters. The lowest BCUT2D eigenvalue weighted by Gasteiger charge is -2.07. The molecule has 0 radical (unpaired) electrons. The Hall–Kier alpha value is -3.24. The zero-order valence-electron chi connectivity index (χ0n) is 16.9. The fourth-order valence-corrected chi connectivity index (χ4v) is 3.57. The molecule has 3 rings (SSSR count). The third kappa shape index (κ3) is 5.88. The van der Waals surface area contributed by atoms with Gasteiger partial charge in [0.05, 0.1) is 36.8 Å². The first-order chi connectivity index (χ1) is 14.6. The second-order valence-corrected chi connectivity index (χ2v) is 7.51. The van der Waals surface area contributed by atoms with Gasteiger partial charge in [0.25, 0.3) is 0 Å². The molecule has 0 spiro atoms. The second-order valence-electron chi connectivity index (χ2n) is 6.53. The Balaban J connectivity index is 1.54. The average molecular weight is 423 g/mol. The molecule has 0 N–H and O–H groups in total. The van der Waals surface area contributed by atoms with E-state index in [-0.39, 0.29) is 5.97 Å². The molecule has 0 saturated heterocycles. The van der Waals surface area contributed by atoms with Gasteiger partial charge >= 0.3 is 5.97 Å². The van der Waals surface area contributed by atoms with Crippen LogP contribution < -0.4 is 4.74 Å². The molecule has 0 saturated carbocycles. The highest BCUT2D eigenvalue weighted by molar-refractivity contribution is 7.99. The molecular weight excluding hydrogens is 400 g/mol. The maximum atomic E-state index is 11.2. The van der Waals surface area contributed by atoms with Crippen molar-refractivity contribution in [1.29, 1.82) is 5.26 Å². The maximum absolute atomic E-state index is 11.2. The van der Waals surface area contributed by atoms with Gasteiger partial charge in [-0.05, 0) is 48.9 Å². The van der Waals surface area contributed by atoms with Crippen LogP contribution in [0.4, 0.5) is 0 Å². The van der Waals surface area contributed by atoms with Gasteiger partial charge < -0.3 is 13.9 Å². The van der Waals surface area contributed by atoms with E-state index in [1.165, 1.54) is 18.9 Å². The number of thioether (sulfide) groups is 1. The Morgan fingerprint density at radius 1 is 1.23 bits per heavy atom. The summed E-state index contributed by atoms with van der Waals surface area (Å²) in [5.74, 6) is 2.88. The largest absolute Gasteiger partial charge is 0.493 e. The number of nitrogens with zero attached hydrogens (tertiary/aromatic N) is 2. The SMILES string of the molecule is COC(=O)CSCc1cccc(OCCc2nc(-c3ccc(C#N)cc3)oc2C)c1. The molecule has 30 heavy (non-hydrogen) atoms. The maximum Gasteiger partial charge on any atom is 0.315 e. The van der Waals surface area contributed by atoms with E-state index in [0.717, 1.165) is 28.3 Å². The van der Waals surface area contributed by atoms with Crippen molar-refractivity contribution < 1.29 is 18.7 Å². The minimum atomic E-state index is -0.226. The van der Waals surface area contributed by atoms with Gasteiger partial charge in [-0.1, -0.05) is 12.1 Å². The number of rotatable bonds is 9. The predicted molar refractivity (Wildman–Crippen MR) is 115 cm³/mol. The number of aryl methyl sites for hydroxylation is 1. The van der Waals surface area contributed by atoms with E-state index >= 15 is 0 Å². The number of ether oxygens (including phenoxy) is 2. The van der Waals surface area contributed by atoms with Crippen LogP contribution in [0.1, 0.15) is 22.6 Å². The number of carbonyl (C=O) groups excluding carboxylic acids is 1. The summed E-state index contributed by atoms with van der Waals surface area (Å²) >= 11 is 1.50. The van der Waals surface area contributed by atoms with E-state index in [4.69, 9.17) is 14.4 Å². The van der Waals surface area contributed by atoms with Crippen LogP contribution in [0.3, 0.4) is 0 Å². The van der Waals surface area contributed by atoms with Crippen molar-refractivity contribution in [1.82, 2.24) is 4.98 Å². The minimum Gasteiger partial charge on any atom is -0.493 e. The number of esters is 1. The number of methoxy groups -OCH3 is 1. The smallest absolute Gasteiger partial charge is 0.315 e. The number of nitriles is 1. The van der Waals surface area contributed by atoms with Gasteiger partial charge in [0.15, 0.2) is 0 Å². The molecule has 0 unspecified atom stereocenters. The molecule has 0 amide bonds. The molecule has 3 aromatic rings. The molecule has 0 bridgehead atoms. The summed E-state index contributed by atoms with van der Waals surface area (Å²) in [6.07, 6.45) is 0.618. The van der Waals surface area contributed by atoms with E-state index in [9.17, 15) is 4.79 Å². The van der Waals surface area contributed by atoms with Gasteiger partial charge in [-0.3, -0.25) is 4.79 Å². The summed E-state index contributed by atoms with van der Waals surface area (Å²) in [6, 6.07) is 17.1. The Labute approximate surface area is 179 Å². The molecule has 6 nitrogen and oxygen atoms in total. The van der Waals surface area contributed by atoms with Crippen LogP contribution in [0.2, 0.25) is 0 Å². The summed E-state index contributed by atoms with van der Waals surface area (Å²) in [5, 5.41) is 8.91. The van der Waals surface area contributed by atoms with Crippen molar-refractivity contribution in [2.24, 2.45) is 0 Å². The summed E-state index contributed by atoms with van der Waals surface area (Å²) < 4.78 is 16.3. The number of hydrogen-bond donors (Lipinski definition) is 0. The molecule has 0 fully saturated rings. The molecule has 0 aliphatic heterocycles. The van der Waals surface area contributed by atoms with Gasteiger partial charge in [0, 0.05) is 17.7 Å². The van der Waals surface area contributed by atoms with Gasteiger partial charge in [-0.15, -0.1) is 11.8 Å². The number of oxazole rings is 1. The molecule has 0 aliphatic rings. The van der Waals surface area contributed by atoms with Crippen molar-refractivity contribution in [2.45, 2.75) is 19.1 Å². The molecule has 1 heterocycles. The first kappa shape index (κ1) is 21.5. The van der Waals surface area contributed by atoms with Gasteiger partial charge in [-0.25, -0.2) is 4.98 Å². The Bertz CT molecular complexity index is 1040. The second kappa shape index (κ2) is 10.5. The highest BCUT2D eigenvalue weighted by Crippen LogP contribution is 2.23. The van der Waals surface area contributed by atoms with Crippen LogP contribution in [0, 0.1) is 18.3 Å². The van der Waals surface area contributed by atoms with Crippen molar-refractivity contribution in [3.05, 3.63) is 71.1 Å². The highest BCUT2D eigenvalue weighted by Gasteiger charge is 2.12. The molecule has 7 heteroatoms. The fourth-order valence-electron chi connectivity index (χ4n) is 2.77. The van der Waals surface area contributed by atoms with E-state index in [1.54, 1.807) is 12.1 Å². The zero-order valence-corrected chi connectivity index (χ0v) is 17.7. The highest BCUT2D eigenvalue weighted by atomic mass is 32.2. The first-order valence-electron chi connectivity index (χ1n) is 9.42. The van der Waals surface area contributed by atoms with E-state index < -0.39 is 0 Å². The lowest BCUT2D eigenvalue weighted by Crippen LogP contribution is -2.04. The summed E-state index contributed by atoms with van der Waals surface area (Å²) in [6.45, 7) is 2.35. The van der Waals surface area contributed by atoms with E-state index in [1.807, 2.05) is 43.3 Å². The van der Waals surface area contributed by atoms with Gasteiger partial charge in [-0.2, -0.15) is 5.26 Å². The standard InChI is InChI=1S/C23H22N2O4S/c1-16-21(25-23(29-16)19-8-6-17(13-24)7-9-19)10-11-28-20-5-3-4-18(12-20)14-30-15-22(26)27-2/h3-9,12H,10-11,14-15H2,1-2H3. The van der Waals surface area contributed by atoms with Crippen LogP contribution in [-0.4, -0.2) is 30.4 Å². The average Bonchev–Trinajstić information content (AvgIpc) is 3.14. The topological polar surface area (TPSA) is 85.4 Å². The van der Waals surface area contributed by atoms with E-state index in [2.05, 4.69) is 15.8 Å². The number of hydrogen-bond acceptors (Lipinski definition) is 7. The predicted octanol–water partition coefficient (Wildman–Crippen LogP) is 4.55. The Kier molecular flexibility index (Phi) is 7.52. The van der Waals surface area contributed by atoms with Crippen molar-refractivity contribution in [3.8, 4) is 23.3 Å². The monoisotopic (exact) mass is 422 g/mol. The first-order valence-corrected chi connectivity index (χ1v) is 10.6. The fraction of sp³-hybridized carbons (Fsp3) is 0.261. The van der Waals surface area contributed by atoms with E-state index in [0.29, 0.717) is 36.0 Å². The van der Waals surface area contributed by atoms with Gasteiger partial charge in [0.2, 0.25) is 5.89 Å². The molecule has 0 aliphatic carbocycles. The quantitative estimate of drug-likeness (QED) is 0.468. The zero-order chi connectivity index (χ0) is 21.3. The minimum absolute atomic E-state index is 0.226. The number of benzene rings is 2. The number of aromatic nitrogens is 1. The van der Waals surface area contributed by atoms with Crippen molar-refractivity contribution in [2.75, 3.05) is 19.5 Å². The summed E-state index contributed by atoms with van der Waals surface area (Å²) in [7, 11) is 1.39. The Morgan fingerprint density at radius 2 is 2.03 bits per heavy atom. The van der Waals surface area contributed by atoms with Crippen molar-refractivity contribution >= 4 is 17.7 Å². The third-order valence-corrected chi connectivity index (χ3v) is 5.35.